The van der Waals surface area contributed by atoms with Crippen LogP contribution in [-0.2, 0) is 0 Å². The maximum atomic E-state index is 2.37. The van der Waals surface area contributed by atoms with E-state index < -0.39 is 0 Å². The van der Waals surface area contributed by atoms with E-state index in [9.17, 15) is 0 Å². The lowest BCUT2D eigenvalue weighted by Crippen LogP contribution is -2.09. The fraction of sp³-hybridized carbons (Fsp3) is 0.800. The van der Waals surface area contributed by atoms with Crippen molar-refractivity contribution in [2.24, 2.45) is 11.8 Å². The van der Waals surface area contributed by atoms with Crippen LogP contribution in [-0.4, -0.2) is 0 Å². The second kappa shape index (κ2) is 3.80. The van der Waals surface area contributed by atoms with E-state index in [0.29, 0.717) is 0 Å². The monoisotopic (exact) mass is 140 g/mol. The van der Waals surface area contributed by atoms with Crippen molar-refractivity contribution in [3.63, 3.8) is 0 Å². The molecule has 0 heteroatoms. The van der Waals surface area contributed by atoms with Gasteiger partial charge in [-0.2, -0.15) is 0 Å². The van der Waals surface area contributed by atoms with E-state index in [2.05, 4.69) is 26.0 Å². The predicted octanol–water partition coefficient (Wildman–Crippen LogP) is 3.63. The third-order valence-corrected chi connectivity index (χ3v) is 2.53. The van der Waals surface area contributed by atoms with E-state index in [1.807, 2.05) is 0 Å². The topological polar surface area (TPSA) is 0 Å². The van der Waals surface area contributed by atoms with Crippen LogP contribution in [0, 0.1) is 11.8 Å². The molecule has 60 valence electrons. The summed E-state index contributed by atoms with van der Waals surface area (Å²) in [6, 6.07) is 0. The summed E-state index contributed by atoms with van der Waals surface area (Å²) in [5.74, 6) is 1.89. The molecule has 0 amide bonds. The molecule has 1 saturated carbocycles. The minimum absolute atomic E-state index is 0. The zero-order chi connectivity index (χ0) is 7.40. The second-order valence-electron chi connectivity index (χ2n) is 3.55. The quantitative estimate of drug-likeness (QED) is 0.488. The number of allylic oxidation sites excluding steroid dienone is 2. The summed E-state index contributed by atoms with van der Waals surface area (Å²) in [4.78, 5) is 0. The Labute approximate surface area is 65.8 Å². The Balaban J connectivity index is 0.000001000. The Bertz CT molecular complexity index is 110. The first-order valence-electron chi connectivity index (χ1n) is 4.45. The van der Waals surface area contributed by atoms with Gasteiger partial charge in [0.25, 0.3) is 0 Å². The molecule has 0 bridgehead atoms. The molecule has 0 saturated heterocycles. The summed E-state index contributed by atoms with van der Waals surface area (Å²) in [7, 11) is 0. The molecule has 0 aromatic rings. The summed E-state index contributed by atoms with van der Waals surface area (Å²) >= 11 is 0. The van der Waals surface area contributed by atoms with E-state index in [1.54, 1.807) is 0 Å². The molecule has 0 nitrogen and oxygen atoms in total. The molecule has 1 rings (SSSR count). The van der Waals surface area contributed by atoms with Gasteiger partial charge < -0.3 is 0 Å². The minimum atomic E-state index is 0. The van der Waals surface area contributed by atoms with Crippen LogP contribution in [0.4, 0.5) is 0 Å². The van der Waals surface area contributed by atoms with Crippen molar-refractivity contribution in [3.8, 4) is 0 Å². The van der Waals surface area contributed by atoms with Gasteiger partial charge in [-0.3, -0.25) is 0 Å². The van der Waals surface area contributed by atoms with Gasteiger partial charge in [0.2, 0.25) is 0 Å². The van der Waals surface area contributed by atoms with Crippen molar-refractivity contribution in [3.05, 3.63) is 12.2 Å². The molecule has 1 fully saturated rings. The van der Waals surface area contributed by atoms with Crippen molar-refractivity contribution in [1.82, 2.24) is 0 Å². The lowest BCUT2D eigenvalue weighted by molar-refractivity contribution is 0.330. The summed E-state index contributed by atoms with van der Waals surface area (Å²) in [6.07, 6.45) is 10.3. The molecule has 1 aliphatic carbocycles. The Kier molecular flexibility index (Phi) is 2.98. The van der Waals surface area contributed by atoms with Gasteiger partial charge in [-0.25, -0.2) is 0 Å². The Morgan fingerprint density at radius 3 is 2.30 bits per heavy atom. The maximum absolute atomic E-state index is 2.37. The van der Waals surface area contributed by atoms with E-state index >= 15 is 0 Å². The molecule has 0 N–H and O–H groups in total. The van der Waals surface area contributed by atoms with E-state index in [-0.39, 0.29) is 1.43 Å². The van der Waals surface area contributed by atoms with Gasteiger partial charge in [-0.15, -0.1) is 0 Å². The van der Waals surface area contributed by atoms with Gasteiger partial charge in [-0.05, 0) is 31.6 Å². The fourth-order valence-electron chi connectivity index (χ4n) is 1.75. The van der Waals surface area contributed by atoms with Crippen molar-refractivity contribution >= 4 is 0 Å². The van der Waals surface area contributed by atoms with Crippen LogP contribution in [0.25, 0.3) is 0 Å². The number of rotatable bonds is 1. The molecule has 0 spiro atoms. The maximum Gasteiger partial charge on any atom is 0 e. The average molecular weight is 140 g/mol. The zero-order valence-electron chi connectivity index (χ0n) is 7.14. The van der Waals surface area contributed by atoms with Crippen LogP contribution in [0.5, 0.6) is 0 Å². The summed E-state index contributed by atoms with van der Waals surface area (Å²) in [5, 5.41) is 0. The Morgan fingerprint density at radius 1 is 1.20 bits per heavy atom. The molecule has 0 unspecified atom stereocenters. The third kappa shape index (κ3) is 2.17. The largest absolute Gasteiger partial charge is 0.0914 e. The van der Waals surface area contributed by atoms with Gasteiger partial charge in [0, 0.05) is 1.43 Å². The van der Waals surface area contributed by atoms with Crippen molar-refractivity contribution < 1.29 is 1.43 Å². The highest BCUT2D eigenvalue weighted by atomic mass is 14.2. The van der Waals surface area contributed by atoms with Crippen LogP contribution >= 0.6 is 0 Å². The highest BCUT2D eigenvalue weighted by molar-refractivity contribution is 4.87. The SMILES string of the molecule is C/C=C/C1CCC(C)CC1.[HH]. The predicted molar refractivity (Wildman–Crippen MR) is 48.1 cm³/mol. The zero-order valence-corrected chi connectivity index (χ0v) is 7.14. The van der Waals surface area contributed by atoms with Crippen molar-refractivity contribution in [2.45, 2.75) is 39.5 Å². The smallest absolute Gasteiger partial charge is 0 e. The lowest BCUT2D eigenvalue weighted by Gasteiger charge is -2.23. The van der Waals surface area contributed by atoms with Gasteiger partial charge in [0.1, 0.15) is 0 Å². The molecular formula is C10H20. The molecule has 1 aliphatic rings. The Morgan fingerprint density at radius 2 is 1.80 bits per heavy atom. The average Bonchev–Trinajstić information content (AvgIpc) is 1.95. The molecule has 0 radical (unpaired) electrons. The van der Waals surface area contributed by atoms with Crippen LogP contribution < -0.4 is 0 Å². The van der Waals surface area contributed by atoms with Crippen molar-refractivity contribution in [1.29, 1.82) is 0 Å². The molecule has 0 aromatic carbocycles. The van der Waals surface area contributed by atoms with Crippen LogP contribution in [0.1, 0.15) is 41.0 Å². The first kappa shape index (κ1) is 7.84. The summed E-state index contributed by atoms with van der Waals surface area (Å²) in [5.41, 5.74) is 0. The normalized spacial score (nSPS) is 35.0. The van der Waals surface area contributed by atoms with E-state index in [1.165, 1.54) is 25.7 Å². The second-order valence-corrected chi connectivity index (χ2v) is 3.55. The lowest BCUT2D eigenvalue weighted by atomic mass is 9.83. The number of hydrogen-bond acceptors (Lipinski definition) is 0. The van der Waals surface area contributed by atoms with Crippen LogP contribution in [0.2, 0.25) is 0 Å². The molecule has 0 heterocycles. The summed E-state index contributed by atoms with van der Waals surface area (Å²) in [6.45, 7) is 4.49. The van der Waals surface area contributed by atoms with Gasteiger partial charge in [-0.1, -0.05) is 31.9 Å². The van der Waals surface area contributed by atoms with E-state index in [4.69, 9.17) is 0 Å². The first-order valence-corrected chi connectivity index (χ1v) is 4.45. The van der Waals surface area contributed by atoms with Crippen LogP contribution in [0.15, 0.2) is 12.2 Å². The van der Waals surface area contributed by atoms with Gasteiger partial charge >= 0.3 is 0 Å². The van der Waals surface area contributed by atoms with Crippen LogP contribution in [0.3, 0.4) is 0 Å². The molecular weight excluding hydrogens is 120 g/mol. The van der Waals surface area contributed by atoms with E-state index in [0.717, 1.165) is 11.8 Å². The summed E-state index contributed by atoms with van der Waals surface area (Å²) < 4.78 is 0. The fourth-order valence-corrected chi connectivity index (χ4v) is 1.75. The standard InChI is InChI=1S/C10H18.H2/c1-3-4-10-7-5-9(2)6-8-10;/h3-4,9-10H,5-8H2,1-2H3;1H/b4-3+;. The van der Waals surface area contributed by atoms with Gasteiger partial charge in [0.15, 0.2) is 0 Å². The Hall–Kier alpha value is -0.260. The highest BCUT2D eigenvalue weighted by Crippen LogP contribution is 2.28. The van der Waals surface area contributed by atoms with Gasteiger partial charge in [0.05, 0.1) is 0 Å². The minimum Gasteiger partial charge on any atom is -0.0914 e. The third-order valence-electron chi connectivity index (χ3n) is 2.53. The molecule has 0 aliphatic heterocycles. The number of hydrogen-bond donors (Lipinski definition) is 0. The first-order chi connectivity index (χ1) is 4.83. The highest BCUT2D eigenvalue weighted by Gasteiger charge is 2.14. The molecule has 10 heavy (non-hydrogen) atoms. The molecule has 0 aromatic heterocycles. The van der Waals surface area contributed by atoms with Crippen molar-refractivity contribution in [2.75, 3.05) is 0 Å². The molecule has 0 atom stereocenters.